The monoisotopic (exact) mass is 298 g/mol. The van der Waals surface area contributed by atoms with Crippen molar-refractivity contribution in [2.24, 2.45) is 34.5 Å². The molecule has 4 atom stereocenters. The number of allylic oxidation sites excluding steroid dienone is 6. The molecule has 0 N–H and O–H groups in total. The van der Waals surface area contributed by atoms with Gasteiger partial charge in [-0.2, -0.15) is 0 Å². The summed E-state index contributed by atoms with van der Waals surface area (Å²) < 4.78 is 0. The Kier molecular flexibility index (Phi) is 3.22. The smallest absolute Gasteiger partial charge is 0.00880 e. The zero-order valence-electron chi connectivity index (χ0n) is 16.3. The van der Waals surface area contributed by atoms with E-state index < -0.39 is 0 Å². The van der Waals surface area contributed by atoms with E-state index in [0.717, 1.165) is 17.8 Å². The first kappa shape index (κ1) is 16.1. The third-order valence-corrected chi connectivity index (χ3v) is 8.53. The summed E-state index contributed by atoms with van der Waals surface area (Å²) in [6.45, 7) is 24.5. The summed E-state index contributed by atoms with van der Waals surface area (Å²) in [6.07, 6.45) is 0. The zero-order chi connectivity index (χ0) is 16.8. The van der Waals surface area contributed by atoms with Crippen LogP contribution in [0, 0.1) is 34.5 Å². The first-order chi connectivity index (χ1) is 9.96. The average Bonchev–Trinajstić information content (AvgIpc) is 2.73. The van der Waals surface area contributed by atoms with Gasteiger partial charge in [-0.3, -0.25) is 0 Å². The van der Waals surface area contributed by atoms with E-state index in [1.807, 2.05) is 0 Å². The van der Waals surface area contributed by atoms with Crippen molar-refractivity contribution in [2.45, 2.75) is 69.2 Å². The maximum absolute atomic E-state index is 2.52. The highest BCUT2D eigenvalue weighted by molar-refractivity contribution is 5.59. The van der Waals surface area contributed by atoms with Crippen LogP contribution in [0.1, 0.15) is 69.2 Å². The Morgan fingerprint density at radius 3 is 1.86 bits per heavy atom. The third kappa shape index (κ3) is 1.55. The van der Waals surface area contributed by atoms with Gasteiger partial charge in [0, 0.05) is 5.92 Å². The van der Waals surface area contributed by atoms with Crippen molar-refractivity contribution in [3.8, 4) is 0 Å². The molecule has 0 aromatic rings. The Bertz CT molecular complexity index is 633. The van der Waals surface area contributed by atoms with Crippen LogP contribution in [0.4, 0.5) is 0 Å². The highest BCUT2D eigenvalue weighted by Crippen LogP contribution is 2.68. The van der Waals surface area contributed by atoms with E-state index in [4.69, 9.17) is 0 Å². The van der Waals surface area contributed by atoms with Crippen molar-refractivity contribution in [3.05, 3.63) is 33.4 Å². The van der Waals surface area contributed by atoms with E-state index in [9.17, 15) is 0 Å². The number of hydrogen-bond acceptors (Lipinski definition) is 0. The van der Waals surface area contributed by atoms with Gasteiger partial charge in [0.1, 0.15) is 0 Å². The minimum atomic E-state index is 0.290. The molecule has 3 aliphatic carbocycles. The van der Waals surface area contributed by atoms with Gasteiger partial charge in [0.05, 0.1) is 0 Å². The highest BCUT2D eigenvalue weighted by Gasteiger charge is 2.60. The molecule has 1 fully saturated rings. The molecular formula is C22H34. The van der Waals surface area contributed by atoms with Gasteiger partial charge in [0.15, 0.2) is 0 Å². The van der Waals surface area contributed by atoms with Gasteiger partial charge < -0.3 is 0 Å². The van der Waals surface area contributed by atoms with Gasteiger partial charge in [-0.05, 0) is 78.6 Å². The summed E-state index contributed by atoms with van der Waals surface area (Å²) in [5.74, 6) is 2.89. The summed E-state index contributed by atoms with van der Waals surface area (Å²) in [4.78, 5) is 0. The third-order valence-electron chi connectivity index (χ3n) is 8.53. The average molecular weight is 299 g/mol. The summed E-state index contributed by atoms with van der Waals surface area (Å²) in [5.41, 5.74) is 10.5. The van der Waals surface area contributed by atoms with E-state index >= 15 is 0 Å². The van der Waals surface area contributed by atoms with Gasteiger partial charge in [-0.1, -0.05) is 52.7 Å². The molecule has 22 heavy (non-hydrogen) atoms. The van der Waals surface area contributed by atoms with Crippen LogP contribution in [-0.2, 0) is 0 Å². The zero-order valence-corrected chi connectivity index (χ0v) is 16.3. The molecule has 0 saturated heterocycles. The number of rotatable bonds is 0. The summed E-state index contributed by atoms with van der Waals surface area (Å²) in [7, 11) is 0. The van der Waals surface area contributed by atoms with Crippen LogP contribution in [-0.4, -0.2) is 0 Å². The molecule has 0 amide bonds. The lowest BCUT2D eigenvalue weighted by atomic mass is 9.63. The summed E-state index contributed by atoms with van der Waals surface area (Å²) >= 11 is 0. The van der Waals surface area contributed by atoms with Gasteiger partial charge in [0.2, 0.25) is 0 Å². The topological polar surface area (TPSA) is 0 Å². The van der Waals surface area contributed by atoms with Crippen LogP contribution in [0.2, 0.25) is 0 Å². The molecule has 0 bridgehead atoms. The van der Waals surface area contributed by atoms with E-state index in [1.165, 1.54) is 0 Å². The SMILES string of the molecule is CC1=C(C)C2C(=C1C)C(C)=C1C(C2C)C(C)C(C)(C)C1(C)C. The predicted molar refractivity (Wildman–Crippen MR) is 96.6 cm³/mol. The van der Waals surface area contributed by atoms with Crippen LogP contribution in [0.25, 0.3) is 0 Å². The molecule has 0 aromatic heterocycles. The quantitative estimate of drug-likeness (QED) is 0.475. The van der Waals surface area contributed by atoms with Crippen molar-refractivity contribution in [2.75, 3.05) is 0 Å². The number of hydrogen-bond donors (Lipinski definition) is 0. The van der Waals surface area contributed by atoms with Crippen LogP contribution >= 0.6 is 0 Å². The normalized spacial score (nSPS) is 39.5. The minimum Gasteiger partial charge on any atom is -0.0623 e. The minimum absolute atomic E-state index is 0.290. The van der Waals surface area contributed by atoms with Gasteiger partial charge in [0.25, 0.3) is 0 Å². The Morgan fingerprint density at radius 1 is 0.773 bits per heavy atom. The first-order valence-electron chi connectivity index (χ1n) is 9.06. The van der Waals surface area contributed by atoms with Gasteiger partial charge in [-0.25, -0.2) is 0 Å². The van der Waals surface area contributed by atoms with Crippen molar-refractivity contribution in [1.82, 2.24) is 0 Å². The van der Waals surface area contributed by atoms with E-state index in [1.54, 1.807) is 33.4 Å². The van der Waals surface area contributed by atoms with Crippen LogP contribution < -0.4 is 0 Å². The van der Waals surface area contributed by atoms with Crippen LogP contribution in [0.3, 0.4) is 0 Å². The van der Waals surface area contributed by atoms with E-state index in [0.29, 0.717) is 11.3 Å². The molecular weight excluding hydrogens is 264 g/mol. The maximum Gasteiger partial charge on any atom is 0.00880 e. The summed E-state index contributed by atoms with van der Waals surface area (Å²) in [5, 5.41) is 0. The lowest BCUT2D eigenvalue weighted by molar-refractivity contribution is 0.114. The van der Waals surface area contributed by atoms with Crippen LogP contribution in [0.5, 0.6) is 0 Å². The lowest BCUT2D eigenvalue weighted by Crippen LogP contribution is -2.32. The standard InChI is InChI=1S/C22H34/c1-11-12(2)17-14(4)19-16(6)21(7,8)22(9,10)20(19)15(5)18(17)13(11)3/h14,16-17,19H,1-10H3. The molecule has 0 radical (unpaired) electrons. The second-order valence-corrected chi connectivity index (χ2v) is 9.38. The molecule has 122 valence electrons. The van der Waals surface area contributed by atoms with E-state index in [2.05, 4.69) is 69.2 Å². The Morgan fingerprint density at radius 2 is 1.32 bits per heavy atom. The molecule has 0 spiro atoms. The molecule has 3 rings (SSSR count). The second-order valence-electron chi connectivity index (χ2n) is 9.38. The number of fused-ring (bicyclic) bond motifs is 2. The lowest BCUT2D eigenvalue weighted by Gasteiger charge is -2.41. The molecule has 1 saturated carbocycles. The predicted octanol–water partition coefficient (Wildman–Crippen LogP) is 6.55. The Hall–Kier alpha value is -0.780. The summed E-state index contributed by atoms with van der Waals surface area (Å²) in [6, 6.07) is 0. The highest BCUT2D eigenvalue weighted by atomic mass is 14.6. The molecule has 0 nitrogen and oxygen atoms in total. The molecule has 3 aliphatic rings. The fourth-order valence-corrected chi connectivity index (χ4v) is 6.17. The molecule has 0 heterocycles. The molecule has 4 unspecified atom stereocenters. The van der Waals surface area contributed by atoms with Crippen molar-refractivity contribution in [1.29, 1.82) is 0 Å². The fourth-order valence-electron chi connectivity index (χ4n) is 6.17. The van der Waals surface area contributed by atoms with Gasteiger partial charge in [-0.15, -0.1) is 0 Å². The van der Waals surface area contributed by atoms with Crippen molar-refractivity contribution < 1.29 is 0 Å². The van der Waals surface area contributed by atoms with Crippen molar-refractivity contribution >= 4 is 0 Å². The van der Waals surface area contributed by atoms with Gasteiger partial charge >= 0.3 is 0 Å². The molecule has 0 aromatic carbocycles. The fraction of sp³-hybridized carbons (Fsp3) is 0.727. The largest absolute Gasteiger partial charge is 0.0623 e. The van der Waals surface area contributed by atoms with Crippen LogP contribution in [0.15, 0.2) is 33.4 Å². The van der Waals surface area contributed by atoms with E-state index in [-0.39, 0.29) is 5.41 Å². The first-order valence-corrected chi connectivity index (χ1v) is 9.06. The maximum atomic E-state index is 2.52. The molecule has 0 aliphatic heterocycles. The molecule has 0 heteroatoms. The Labute approximate surface area is 137 Å². The Balaban J connectivity index is 2.31. The van der Waals surface area contributed by atoms with Crippen molar-refractivity contribution in [3.63, 3.8) is 0 Å². The second kappa shape index (κ2) is 4.40.